The molecular formula is C15H13BrN2O2. The first-order chi connectivity index (χ1) is 9.67. The number of nitrogens with one attached hydrogen (secondary N) is 1. The van der Waals surface area contributed by atoms with Crippen LogP contribution < -0.4 is 10.1 Å². The van der Waals surface area contributed by atoms with E-state index in [1.807, 2.05) is 24.3 Å². The zero-order valence-electron chi connectivity index (χ0n) is 10.9. The first-order valence-corrected chi connectivity index (χ1v) is 7.18. The molecule has 2 aromatic rings. The van der Waals surface area contributed by atoms with E-state index in [9.17, 15) is 4.79 Å². The van der Waals surface area contributed by atoms with E-state index in [-0.39, 0.29) is 5.91 Å². The first-order valence-electron chi connectivity index (χ1n) is 6.39. The number of halogens is 1. The number of benzene rings is 1. The van der Waals surface area contributed by atoms with Crippen LogP contribution in [0.5, 0.6) is 5.75 Å². The number of carbonyl (C=O) groups is 1. The summed E-state index contributed by atoms with van der Waals surface area (Å²) in [5.41, 5.74) is 2.07. The maximum absolute atomic E-state index is 12.1. The van der Waals surface area contributed by atoms with Crippen LogP contribution in [-0.2, 0) is 11.2 Å². The summed E-state index contributed by atoms with van der Waals surface area (Å²) in [5.74, 6) is 0.833. The fraction of sp³-hybridized carbons (Fsp3) is 0.200. The van der Waals surface area contributed by atoms with Gasteiger partial charge in [0.25, 0.3) is 5.91 Å². The lowest BCUT2D eigenvalue weighted by Crippen LogP contribution is -2.30. The highest BCUT2D eigenvalue weighted by Crippen LogP contribution is 2.35. The van der Waals surface area contributed by atoms with Crippen LogP contribution in [0.4, 0.5) is 5.82 Å². The number of pyridine rings is 1. The van der Waals surface area contributed by atoms with E-state index >= 15 is 0 Å². The molecule has 1 unspecified atom stereocenters. The molecule has 0 saturated carbocycles. The van der Waals surface area contributed by atoms with Crippen molar-refractivity contribution in [1.29, 1.82) is 0 Å². The lowest BCUT2D eigenvalue weighted by Gasteiger charge is -2.25. The normalized spacial score (nSPS) is 17.1. The zero-order chi connectivity index (χ0) is 14.1. The third kappa shape index (κ3) is 2.41. The van der Waals surface area contributed by atoms with Gasteiger partial charge in [0.1, 0.15) is 0 Å². The van der Waals surface area contributed by atoms with Crippen LogP contribution >= 0.6 is 15.9 Å². The summed E-state index contributed by atoms with van der Waals surface area (Å²) in [7, 11) is 0. The molecule has 1 aliphatic rings. The second-order valence-electron chi connectivity index (χ2n) is 4.58. The quantitative estimate of drug-likeness (QED) is 0.915. The average molecular weight is 333 g/mol. The zero-order valence-corrected chi connectivity index (χ0v) is 12.5. The predicted octanol–water partition coefficient (Wildman–Crippen LogP) is 3.48. The highest BCUT2D eigenvalue weighted by Gasteiger charge is 2.29. The van der Waals surface area contributed by atoms with Gasteiger partial charge in [-0.05, 0) is 34.0 Å². The van der Waals surface area contributed by atoms with Gasteiger partial charge >= 0.3 is 0 Å². The third-order valence-corrected chi connectivity index (χ3v) is 3.67. The lowest BCUT2D eigenvalue weighted by molar-refractivity contribution is -0.123. The van der Waals surface area contributed by atoms with Gasteiger partial charge in [0.2, 0.25) is 6.10 Å². The summed E-state index contributed by atoms with van der Waals surface area (Å²) in [5, 5.41) is 2.77. The average Bonchev–Trinajstić information content (AvgIpc) is 2.47. The van der Waals surface area contributed by atoms with E-state index in [1.54, 1.807) is 12.3 Å². The van der Waals surface area contributed by atoms with Crippen molar-refractivity contribution in [1.82, 2.24) is 4.98 Å². The number of anilines is 1. The molecule has 1 aromatic carbocycles. The highest BCUT2D eigenvalue weighted by molar-refractivity contribution is 9.10. The van der Waals surface area contributed by atoms with Crippen LogP contribution in [0.15, 0.2) is 41.0 Å². The Labute approximate surface area is 125 Å². The third-order valence-electron chi connectivity index (χ3n) is 3.23. The molecule has 4 nitrogen and oxygen atoms in total. The molecule has 0 saturated heterocycles. The Balaban J connectivity index is 1.92. The molecule has 3 rings (SSSR count). The molecule has 20 heavy (non-hydrogen) atoms. The summed E-state index contributed by atoms with van der Waals surface area (Å²) in [4.78, 5) is 16.2. The molecule has 0 bridgehead atoms. The Morgan fingerprint density at radius 2 is 2.10 bits per heavy atom. The second-order valence-corrected chi connectivity index (χ2v) is 5.50. The monoisotopic (exact) mass is 332 g/mol. The second kappa shape index (κ2) is 5.25. The number of carbonyl (C=O) groups excluding carboxylic acids is 1. The fourth-order valence-corrected chi connectivity index (χ4v) is 2.42. The topological polar surface area (TPSA) is 51.2 Å². The van der Waals surface area contributed by atoms with Crippen LogP contribution in [0.2, 0.25) is 0 Å². The highest BCUT2D eigenvalue weighted by atomic mass is 79.9. The van der Waals surface area contributed by atoms with E-state index in [0.29, 0.717) is 11.6 Å². The van der Waals surface area contributed by atoms with Crippen molar-refractivity contribution < 1.29 is 9.53 Å². The van der Waals surface area contributed by atoms with Gasteiger partial charge in [-0.2, -0.15) is 0 Å². The van der Waals surface area contributed by atoms with E-state index in [0.717, 1.165) is 16.5 Å². The Morgan fingerprint density at radius 1 is 1.35 bits per heavy atom. The Morgan fingerprint density at radius 3 is 2.80 bits per heavy atom. The van der Waals surface area contributed by atoms with Crippen LogP contribution in [0.3, 0.4) is 0 Å². The minimum Gasteiger partial charge on any atom is -0.472 e. The number of rotatable bonds is 2. The van der Waals surface area contributed by atoms with E-state index in [2.05, 4.69) is 33.2 Å². The van der Waals surface area contributed by atoms with E-state index in [4.69, 9.17) is 4.74 Å². The van der Waals surface area contributed by atoms with Crippen molar-refractivity contribution in [3.63, 3.8) is 0 Å². The standard InChI is InChI=1S/C15H13BrN2O2/c1-2-9-3-5-10(6-4-9)13-15(19)18-14-12(20-13)7-11(16)8-17-14/h3-8,13H,2H2,1H3,(H,17,18,19). The van der Waals surface area contributed by atoms with Crippen LogP contribution in [0, 0.1) is 0 Å². The number of aryl methyl sites for hydroxylation is 1. The molecule has 0 spiro atoms. The van der Waals surface area contributed by atoms with Crippen LogP contribution in [0.1, 0.15) is 24.2 Å². The van der Waals surface area contributed by atoms with Crippen molar-refractivity contribution in [3.8, 4) is 5.75 Å². The largest absolute Gasteiger partial charge is 0.472 e. The number of hydrogen-bond acceptors (Lipinski definition) is 3. The Bertz CT molecular complexity index is 655. The number of hydrogen-bond donors (Lipinski definition) is 1. The molecule has 102 valence electrons. The van der Waals surface area contributed by atoms with Gasteiger partial charge in [-0.1, -0.05) is 31.2 Å². The molecule has 1 aliphatic heterocycles. The molecule has 1 atom stereocenters. The number of aromatic nitrogens is 1. The molecule has 0 aliphatic carbocycles. The molecule has 1 N–H and O–H groups in total. The van der Waals surface area contributed by atoms with Crippen molar-refractivity contribution in [2.45, 2.75) is 19.4 Å². The van der Waals surface area contributed by atoms with Gasteiger partial charge in [0.05, 0.1) is 0 Å². The molecule has 1 amide bonds. The Hall–Kier alpha value is -1.88. The van der Waals surface area contributed by atoms with E-state index in [1.165, 1.54) is 5.56 Å². The van der Waals surface area contributed by atoms with Gasteiger partial charge in [-0.3, -0.25) is 4.79 Å². The summed E-state index contributed by atoms with van der Waals surface area (Å²) in [6, 6.07) is 9.69. The van der Waals surface area contributed by atoms with Gasteiger partial charge in [0, 0.05) is 16.2 Å². The van der Waals surface area contributed by atoms with Crippen LogP contribution in [-0.4, -0.2) is 10.9 Å². The molecular weight excluding hydrogens is 320 g/mol. The van der Waals surface area contributed by atoms with Gasteiger partial charge in [-0.25, -0.2) is 4.98 Å². The molecule has 0 radical (unpaired) electrons. The molecule has 2 heterocycles. The van der Waals surface area contributed by atoms with Crippen LogP contribution in [0.25, 0.3) is 0 Å². The van der Waals surface area contributed by atoms with Gasteiger partial charge in [0.15, 0.2) is 11.6 Å². The van der Waals surface area contributed by atoms with Gasteiger partial charge < -0.3 is 10.1 Å². The number of fused-ring (bicyclic) bond motifs is 1. The minimum absolute atomic E-state index is 0.198. The lowest BCUT2D eigenvalue weighted by atomic mass is 10.0. The molecule has 0 fully saturated rings. The van der Waals surface area contributed by atoms with Crippen molar-refractivity contribution in [2.75, 3.05) is 5.32 Å². The summed E-state index contributed by atoms with van der Waals surface area (Å²) < 4.78 is 6.59. The van der Waals surface area contributed by atoms with Gasteiger partial charge in [-0.15, -0.1) is 0 Å². The van der Waals surface area contributed by atoms with Crippen molar-refractivity contribution in [2.24, 2.45) is 0 Å². The maximum atomic E-state index is 12.1. The molecule has 1 aromatic heterocycles. The predicted molar refractivity (Wildman–Crippen MR) is 79.8 cm³/mol. The smallest absolute Gasteiger partial charge is 0.271 e. The number of ether oxygens (including phenoxy) is 1. The fourth-order valence-electron chi connectivity index (χ4n) is 2.11. The minimum atomic E-state index is -0.635. The van der Waals surface area contributed by atoms with Crippen molar-refractivity contribution >= 4 is 27.7 Å². The summed E-state index contributed by atoms with van der Waals surface area (Å²) in [6.45, 7) is 2.10. The maximum Gasteiger partial charge on any atom is 0.271 e. The SMILES string of the molecule is CCc1ccc(C2Oc3cc(Br)cnc3NC2=O)cc1. The van der Waals surface area contributed by atoms with E-state index < -0.39 is 6.10 Å². The molecule has 5 heteroatoms. The summed E-state index contributed by atoms with van der Waals surface area (Å²) in [6.07, 6.45) is 1.96. The van der Waals surface area contributed by atoms with Crippen molar-refractivity contribution in [3.05, 3.63) is 52.1 Å². The number of amides is 1. The Kier molecular flexibility index (Phi) is 3.44. The number of nitrogens with zero attached hydrogens (tertiary/aromatic N) is 1. The summed E-state index contributed by atoms with van der Waals surface area (Å²) >= 11 is 3.35. The first kappa shape index (κ1) is 13.1.